The molecule has 4 rings (SSSR count). The standard InChI is InChI=1S/C28H27F2N3O/c1-18(2)28(21-15-31-33(16-21)23-11-9-22(29)10-12-23)26-13-19(3)14-27(32(26)5)34-17-24-20(4)7-6-8-25(24)30/h6-16H,1,17H2,2-5H3/b28-26+. The van der Waals surface area contributed by atoms with Crippen molar-refractivity contribution >= 4 is 5.57 Å². The summed E-state index contributed by atoms with van der Waals surface area (Å²) in [4.78, 5) is 1.93. The van der Waals surface area contributed by atoms with Gasteiger partial charge in [-0.1, -0.05) is 18.7 Å². The van der Waals surface area contributed by atoms with Gasteiger partial charge in [0, 0.05) is 36.0 Å². The lowest BCUT2D eigenvalue weighted by atomic mass is 9.97. The minimum atomic E-state index is -0.296. The molecular formula is C28H27F2N3O. The molecule has 1 aromatic heterocycles. The highest BCUT2D eigenvalue weighted by Gasteiger charge is 2.22. The van der Waals surface area contributed by atoms with Gasteiger partial charge in [-0.15, -0.1) is 0 Å². The Balaban J connectivity index is 1.67. The lowest BCUT2D eigenvalue weighted by molar-refractivity contribution is 0.130. The molecule has 4 nitrogen and oxygen atoms in total. The van der Waals surface area contributed by atoms with E-state index in [1.54, 1.807) is 29.1 Å². The summed E-state index contributed by atoms with van der Waals surface area (Å²) >= 11 is 0. The normalized spacial score (nSPS) is 15.1. The van der Waals surface area contributed by atoms with Crippen molar-refractivity contribution in [1.82, 2.24) is 14.7 Å². The number of rotatable bonds is 6. The van der Waals surface area contributed by atoms with E-state index in [-0.39, 0.29) is 18.2 Å². The Kier molecular flexibility index (Phi) is 6.50. The Morgan fingerprint density at radius 3 is 2.47 bits per heavy atom. The van der Waals surface area contributed by atoms with Gasteiger partial charge in [0.05, 0.1) is 17.6 Å². The van der Waals surface area contributed by atoms with Crippen molar-refractivity contribution in [2.75, 3.05) is 7.05 Å². The Labute approximate surface area is 198 Å². The maximum Gasteiger partial charge on any atom is 0.194 e. The fourth-order valence-electron chi connectivity index (χ4n) is 3.94. The summed E-state index contributed by atoms with van der Waals surface area (Å²) in [5, 5.41) is 4.46. The van der Waals surface area contributed by atoms with Crippen LogP contribution in [0.2, 0.25) is 0 Å². The fraction of sp³-hybridized carbons (Fsp3) is 0.179. The number of allylic oxidation sites excluding steroid dienone is 5. The van der Waals surface area contributed by atoms with E-state index in [4.69, 9.17) is 4.74 Å². The number of hydrogen-bond acceptors (Lipinski definition) is 3. The van der Waals surface area contributed by atoms with Gasteiger partial charge in [-0.2, -0.15) is 5.10 Å². The number of ether oxygens (including phenoxy) is 1. The molecule has 0 aliphatic carbocycles. The van der Waals surface area contributed by atoms with Crippen LogP contribution < -0.4 is 0 Å². The molecule has 0 N–H and O–H groups in total. The van der Waals surface area contributed by atoms with Gasteiger partial charge in [-0.3, -0.25) is 0 Å². The molecule has 0 amide bonds. The van der Waals surface area contributed by atoms with Crippen LogP contribution in [0.3, 0.4) is 0 Å². The zero-order chi connectivity index (χ0) is 24.4. The number of halogens is 2. The number of benzene rings is 2. The molecule has 2 aromatic carbocycles. The topological polar surface area (TPSA) is 30.3 Å². The minimum absolute atomic E-state index is 0.125. The minimum Gasteiger partial charge on any atom is -0.474 e. The van der Waals surface area contributed by atoms with Crippen LogP contribution in [0, 0.1) is 18.6 Å². The van der Waals surface area contributed by atoms with Crippen LogP contribution in [0.5, 0.6) is 0 Å². The second-order valence-electron chi connectivity index (χ2n) is 8.44. The predicted octanol–water partition coefficient (Wildman–Crippen LogP) is 6.70. The van der Waals surface area contributed by atoms with Crippen molar-refractivity contribution in [3.8, 4) is 5.69 Å². The molecule has 0 radical (unpaired) electrons. The van der Waals surface area contributed by atoms with Gasteiger partial charge in [0.2, 0.25) is 0 Å². The van der Waals surface area contributed by atoms with Crippen molar-refractivity contribution in [3.63, 3.8) is 0 Å². The van der Waals surface area contributed by atoms with Gasteiger partial charge in [0.15, 0.2) is 5.88 Å². The molecule has 2 heterocycles. The monoisotopic (exact) mass is 459 g/mol. The second kappa shape index (κ2) is 9.51. The predicted molar refractivity (Wildman–Crippen MR) is 131 cm³/mol. The molecule has 1 aliphatic rings. The molecule has 34 heavy (non-hydrogen) atoms. The van der Waals surface area contributed by atoms with Gasteiger partial charge in [-0.05, 0) is 73.9 Å². The molecule has 0 bridgehead atoms. The van der Waals surface area contributed by atoms with Gasteiger partial charge in [0.25, 0.3) is 0 Å². The molecule has 1 aliphatic heterocycles. The molecule has 0 fully saturated rings. The third-order valence-corrected chi connectivity index (χ3v) is 5.77. The first kappa shape index (κ1) is 23.2. The number of nitrogens with zero attached hydrogens (tertiary/aromatic N) is 3. The van der Waals surface area contributed by atoms with Gasteiger partial charge >= 0.3 is 0 Å². The zero-order valence-corrected chi connectivity index (χ0v) is 19.8. The second-order valence-corrected chi connectivity index (χ2v) is 8.44. The van der Waals surface area contributed by atoms with E-state index in [0.29, 0.717) is 11.4 Å². The highest BCUT2D eigenvalue weighted by atomic mass is 19.1. The molecule has 6 heteroatoms. The molecular weight excluding hydrogens is 432 g/mol. The van der Waals surface area contributed by atoms with Crippen LogP contribution in [0.25, 0.3) is 11.3 Å². The zero-order valence-electron chi connectivity index (χ0n) is 19.8. The maximum absolute atomic E-state index is 14.3. The van der Waals surface area contributed by atoms with Crippen LogP contribution >= 0.6 is 0 Å². The summed E-state index contributed by atoms with van der Waals surface area (Å²) < 4.78 is 35.4. The van der Waals surface area contributed by atoms with Gasteiger partial charge < -0.3 is 9.64 Å². The highest BCUT2D eigenvalue weighted by molar-refractivity contribution is 5.82. The van der Waals surface area contributed by atoms with E-state index in [1.165, 1.54) is 18.2 Å². The Morgan fingerprint density at radius 2 is 1.79 bits per heavy atom. The van der Waals surface area contributed by atoms with Crippen molar-refractivity contribution < 1.29 is 13.5 Å². The molecule has 0 atom stereocenters. The summed E-state index contributed by atoms with van der Waals surface area (Å²) in [5.41, 5.74) is 6.67. The lowest BCUT2D eigenvalue weighted by Crippen LogP contribution is -2.23. The first-order valence-corrected chi connectivity index (χ1v) is 11.0. The van der Waals surface area contributed by atoms with Crippen LogP contribution in [0.4, 0.5) is 8.78 Å². The largest absolute Gasteiger partial charge is 0.474 e. The fourth-order valence-corrected chi connectivity index (χ4v) is 3.94. The molecule has 0 saturated heterocycles. The summed E-state index contributed by atoms with van der Waals surface area (Å²) in [6.45, 7) is 10.1. The number of hydrogen-bond donors (Lipinski definition) is 0. The molecule has 0 spiro atoms. The van der Waals surface area contributed by atoms with Crippen molar-refractivity contribution in [1.29, 1.82) is 0 Å². The quantitative estimate of drug-likeness (QED) is 0.411. The van der Waals surface area contributed by atoms with E-state index in [0.717, 1.165) is 39.2 Å². The van der Waals surface area contributed by atoms with Gasteiger partial charge in [0.1, 0.15) is 18.2 Å². The van der Waals surface area contributed by atoms with Crippen molar-refractivity contribution in [2.24, 2.45) is 0 Å². The van der Waals surface area contributed by atoms with E-state index < -0.39 is 0 Å². The summed E-state index contributed by atoms with van der Waals surface area (Å²) in [6, 6.07) is 11.2. The maximum atomic E-state index is 14.3. The third kappa shape index (κ3) is 4.71. The molecule has 3 aromatic rings. The average molecular weight is 460 g/mol. The van der Waals surface area contributed by atoms with Crippen molar-refractivity contribution in [2.45, 2.75) is 27.4 Å². The average Bonchev–Trinajstić information content (AvgIpc) is 3.26. The highest BCUT2D eigenvalue weighted by Crippen LogP contribution is 2.33. The van der Waals surface area contributed by atoms with E-state index in [1.807, 2.05) is 51.1 Å². The van der Waals surface area contributed by atoms with E-state index >= 15 is 0 Å². The van der Waals surface area contributed by atoms with Crippen LogP contribution in [-0.4, -0.2) is 21.7 Å². The van der Waals surface area contributed by atoms with Crippen LogP contribution in [-0.2, 0) is 11.3 Å². The third-order valence-electron chi connectivity index (χ3n) is 5.77. The molecule has 174 valence electrons. The number of likely N-dealkylation sites (N-methyl/N-ethyl adjacent to an activating group) is 1. The van der Waals surface area contributed by atoms with Crippen LogP contribution in [0.15, 0.2) is 96.3 Å². The first-order valence-electron chi connectivity index (χ1n) is 11.0. The van der Waals surface area contributed by atoms with Crippen LogP contribution in [0.1, 0.15) is 30.5 Å². The SMILES string of the molecule is C=C(C)/C(=C1/C=C(C)C=C(OCc2c(C)cccc2F)N1C)c1cnn(-c2ccc(F)cc2)c1. The van der Waals surface area contributed by atoms with E-state index in [2.05, 4.69) is 17.8 Å². The Bertz CT molecular complexity index is 1310. The Hall–Kier alpha value is -3.93. The number of aromatic nitrogens is 2. The first-order chi connectivity index (χ1) is 16.2. The Morgan fingerprint density at radius 1 is 1.06 bits per heavy atom. The molecule has 0 unspecified atom stereocenters. The van der Waals surface area contributed by atoms with Gasteiger partial charge in [-0.25, -0.2) is 13.5 Å². The summed E-state index contributed by atoms with van der Waals surface area (Å²) in [7, 11) is 1.91. The molecule has 0 saturated carbocycles. The smallest absolute Gasteiger partial charge is 0.194 e. The van der Waals surface area contributed by atoms with E-state index in [9.17, 15) is 8.78 Å². The number of aryl methyl sites for hydroxylation is 1. The van der Waals surface area contributed by atoms with Crippen molar-refractivity contribution in [3.05, 3.63) is 125 Å². The summed E-state index contributed by atoms with van der Waals surface area (Å²) in [6.07, 6.45) is 7.64. The lowest BCUT2D eigenvalue weighted by Gasteiger charge is -2.30. The summed E-state index contributed by atoms with van der Waals surface area (Å²) in [5.74, 6) is 0.0375.